The number of hydrogen-bond acceptors (Lipinski definition) is 5. The quantitative estimate of drug-likeness (QED) is 0.403. The van der Waals surface area contributed by atoms with Crippen LogP contribution < -0.4 is 10.7 Å². The first kappa shape index (κ1) is 22.1. The minimum atomic E-state index is -0.486. The first-order chi connectivity index (χ1) is 14.8. The van der Waals surface area contributed by atoms with Crippen LogP contribution in [0.3, 0.4) is 0 Å². The lowest BCUT2D eigenvalue weighted by Gasteiger charge is -2.20. The SMILES string of the molecule is C/C(=N/NC(=O)c1ccc([N+](=O)[O-])c(C)c1)c1ccc(NC(=O)C2CCCCC2)cc1. The normalized spacial score (nSPS) is 14.7. The van der Waals surface area contributed by atoms with Crippen LogP contribution >= 0.6 is 0 Å². The standard InChI is InChI=1S/C23H26N4O4/c1-15-14-19(10-13-21(15)27(30)31)23(29)26-25-16(2)17-8-11-20(12-9-17)24-22(28)18-6-4-3-5-7-18/h8-14,18H,3-7H2,1-2H3,(H,24,28)(H,26,29)/b25-16-. The lowest BCUT2D eigenvalue weighted by molar-refractivity contribution is -0.385. The number of hydrogen-bond donors (Lipinski definition) is 2. The van der Waals surface area contributed by atoms with E-state index < -0.39 is 10.8 Å². The molecule has 1 aliphatic carbocycles. The van der Waals surface area contributed by atoms with Crippen molar-refractivity contribution in [2.75, 3.05) is 5.32 Å². The van der Waals surface area contributed by atoms with Crippen LogP contribution in [-0.4, -0.2) is 22.4 Å². The molecule has 1 saturated carbocycles. The number of carbonyl (C=O) groups is 2. The number of nitrogens with zero attached hydrogens (tertiary/aromatic N) is 2. The van der Waals surface area contributed by atoms with Gasteiger partial charge in [0.15, 0.2) is 0 Å². The molecule has 31 heavy (non-hydrogen) atoms. The zero-order chi connectivity index (χ0) is 22.4. The Hall–Kier alpha value is -3.55. The van der Waals surface area contributed by atoms with E-state index in [9.17, 15) is 19.7 Å². The average Bonchev–Trinajstić information content (AvgIpc) is 2.78. The highest BCUT2D eigenvalue weighted by Crippen LogP contribution is 2.25. The van der Waals surface area contributed by atoms with E-state index in [-0.39, 0.29) is 17.5 Å². The number of aryl methyl sites for hydroxylation is 1. The summed E-state index contributed by atoms with van der Waals surface area (Å²) in [5.41, 5.74) is 5.27. The molecule has 0 aromatic heterocycles. The monoisotopic (exact) mass is 422 g/mol. The molecule has 0 bridgehead atoms. The molecule has 1 aliphatic rings. The minimum absolute atomic E-state index is 0.0353. The van der Waals surface area contributed by atoms with Crippen molar-refractivity contribution in [1.82, 2.24) is 5.43 Å². The maximum atomic E-state index is 12.4. The smallest absolute Gasteiger partial charge is 0.272 e. The molecule has 1 fully saturated rings. The van der Waals surface area contributed by atoms with Crippen molar-refractivity contribution >= 4 is 28.9 Å². The van der Waals surface area contributed by atoms with E-state index in [0.717, 1.165) is 36.9 Å². The number of nitrogens with one attached hydrogen (secondary N) is 2. The third kappa shape index (κ3) is 5.75. The summed E-state index contributed by atoms with van der Waals surface area (Å²) < 4.78 is 0. The van der Waals surface area contributed by atoms with Crippen LogP contribution in [0.2, 0.25) is 0 Å². The molecule has 0 atom stereocenters. The lowest BCUT2D eigenvalue weighted by atomic mass is 9.88. The molecule has 0 aliphatic heterocycles. The van der Waals surface area contributed by atoms with E-state index in [1.54, 1.807) is 13.8 Å². The van der Waals surface area contributed by atoms with Crippen molar-refractivity contribution in [3.05, 3.63) is 69.3 Å². The molecule has 2 aromatic carbocycles. The van der Waals surface area contributed by atoms with Crippen molar-refractivity contribution in [3.8, 4) is 0 Å². The molecule has 0 radical (unpaired) electrons. The fourth-order valence-corrected chi connectivity index (χ4v) is 3.67. The van der Waals surface area contributed by atoms with Gasteiger partial charge >= 0.3 is 0 Å². The molecule has 0 unspecified atom stereocenters. The van der Waals surface area contributed by atoms with Crippen molar-refractivity contribution in [2.45, 2.75) is 46.0 Å². The summed E-state index contributed by atoms with van der Waals surface area (Å²) in [6.45, 7) is 3.34. The van der Waals surface area contributed by atoms with E-state index in [0.29, 0.717) is 16.8 Å². The topological polar surface area (TPSA) is 114 Å². The van der Waals surface area contributed by atoms with Crippen molar-refractivity contribution in [3.63, 3.8) is 0 Å². The fraction of sp³-hybridized carbons (Fsp3) is 0.348. The number of nitro groups is 1. The van der Waals surface area contributed by atoms with Crippen molar-refractivity contribution < 1.29 is 14.5 Å². The first-order valence-electron chi connectivity index (χ1n) is 10.4. The highest BCUT2D eigenvalue weighted by atomic mass is 16.6. The first-order valence-corrected chi connectivity index (χ1v) is 10.4. The summed E-state index contributed by atoms with van der Waals surface area (Å²) in [4.78, 5) is 35.1. The number of benzene rings is 2. The van der Waals surface area contributed by atoms with Crippen LogP contribution in [-0.2, 0) is 4.79 Å². The van der Waals surface area contributed by atoms with Gasteiger partial charge in [-0.3, -0.25) is 19.7 Å². The number of nitro benzene ring substituents is 1. The predicted octanol–water partition coefficient (Wildman–Crippen LogP) is 4.58. The van der Waals surface area contributed by atoms with Crippen LogP contribution in [0, 0.1) is 23.0 Å². The zero-order valence-electron chi connectivity index (χ0n) is 17.7. The van der Waals surface area contributed by atoms with Crippen molar-refractivity contribution in [1.29, 1.82) is 0 Å². The second-order valence-electron chi connectivity index (χ2n) is 7.80. The molecule has 0 spiro atoms. The molecule has 2 aromatic rings. The molecule has 2 amide bonds. The second-order valence-corrected chi connectivity index (χ2v) is 7.80. The Morgan fingerprint density at radius 3 is 2.29 bits per heavy atom. The number of rotatable bonds is 6. The van der Waals surface area contributed by atoms with Gasteiger partial charge in [-0.2, -0.15) is 5.10 Å². The maximum Gasteiger partial charge on any atom is 0.272 e. The Bertz CT molecular complexity index is 1010. The van der Waals surface area contributed by atoms with Gasteiger partial charge in [0.1, 0.15) is 0 Å². The molecule has 8 nitrogen and oxygen atoms in total. The second kappa shape index (κ2) is 9.97. The van der Waals surface area contributed by atoms with Gasteiger partial charge in [0.2, 0.25) is 5.91 Å². The van der Waals surface area contributed by atoms with Crippen molar-refractivity contribution in [2.24, 2.45) is 11.0 Å². The molecule has 8 heteroatoms. The van der Waals surface area contributed by atoms with E-state index >= 15 is 0 Å². The highest BCUT2D eigenvalue weighted by Gasteiger charge is 2.21. The Kier molecular flexibility index (Phi) is 7.12. The van der Waals surface area contributed by atoms with Gasteiger partial charge in [-0.15, -0.1) is 0 Å². The van der Waals surface area contributed by atoms with Crippen LogP contribution in [0.4, 0.5) is 11.4 Å². The highest BCUT2D eigenvalue weighted by molar-refractivity contribution is 6.01. The summed E-state index contributed by atoms with van der Waals surface area (Å²) in [6, 6.07) is 11.5. The van der Waals surface area contributed by atoms with Gasteiger partial charge in [-0.05, 0) is 56.5 Å². The van der Waals surface area contributed by atoms with Gasteiger partial charge in [-0.25, -0.2) is 5.43 Å². The summed E-state index contributed by atoms with van der Waals surface area (Å²) >= 11 is 0. The van der Waals surface area contributed by atoms with Crippen LogP contribution in [0.25, 0.3) is 0 Å². The summed E-state index contributed by atoms with van der Waals surface area (Å²) in [5.74, 6) is -0.285. The fourth-order valence-electron chi connectivity index (χ4n) is 3.67. The molecule has 0 saturated heterocycles. The van der Waals surface area contributed by atoms with E-state index in [4.69, 9.17) is 0 Å². The van der Waals surface area contributed by atoms with Gasteiger partial charge in [0, 0.05) is 28.8 Å². The minimum Gasteiger partial charge on any atom is -0.326 e. The molecule has 162 valence electrons. The van der Waals surface area contributed by atoms with Gasteiger partial charge in [0.25, 0.3) is 11.6 Å². The molecular weight excluding hydrogens is 396 g/mol. The maximum absolute atomic E-state index is 12.4. The summed E-state index contributed by atoms with van der Waals surface area (Å²) in [6.07, 6.45) is 5.32. The van der Waals surface area contributed by atoms with Gasteiger partial charge < -0.3 is 5.32 Å². The number of amides is 2. The largest absolute Gasteiger partial charge is 0.326 e. The van der Waals surface area contributed by atoms with Crippen LogP contribution in [0.15, 0.2) is 47.6 Å². The summed E-state index contributed by atoms with van der Waals surface area (Å²) in [7, 11) is 0. The van der Waals surface area contributed by atoms with E-state index in [1.165, 1.54) is 24.6 Å². The van der Waals surface area contributed by atoms with E-state index in [1.807, 2.05) is 24.3 Å². The average molecular weight is 422 g/mol. The van der Waals surface area contributed by atoms with Gasteiger partial charge in [-0.1, -0.05) is 31.4 Å². The van der Waals surface area contributed by atoms with E-state index in [2.05, 4.69) is 15.8 Å². The zero-order valence-corrected chi connectivity index (χ0v) is 17.7. The Morgan fingerprint density at radius 1 is 1.03 bits per heavy atom. The number of carbonyl (C=O) groups excluding carboxylic acids is 2. The predicted molar refractivity (Wildman–Crippen MR) is 119 cm³/mol. The molecular formula is C23H26N4O4. The Labute approximate surface area is 180 Å². The van der Waals surface area contributed by atoms with Gasteiger partial charge in [0.05, 0.1) is 10.6 Å². The number of hydrazone groups is 1. The Morgan fingerprint density at radius 2 is 1.68 bits per heavy atom. The summed E-state index contributed by atoms with van der Waals surface area (Å²) in [5, 5.41) is 18.0. The third-order valence-corrected chi connectivity index (χ3v) is 5.53. The van der Waals surface area contributed by atoms with Crippen LogP contribution in [0.5, 0.6) is 0 Å². The Balaban J connectivity index is 1.59. The molecule has 2 N–H and O–H groups in total. The van der Waals surface area contributed by atoms with Crippen LogP contribution in [0.1, 0.15) is 60.5 Å². The number of anilines is 1. The molecule has 0 heterocycles. The lowest BCUT2D eigenvalue weighted by Crippen LogP contribution is -2.24. The third-order valence-electron chi connectivity index (χ3n) is 5.53. The molecule has 3 rings (SSSR count).